The van der Waals surface area contributed by atoms with Crippen molar-refractivity contribution in [2.45, 2.75) is 18.4 Å². The molecule has 0 saturated carbocycles. The van der Waals surface area contributed by atoms with Crippen molar-refractivity contribution in [1.82, 2.24) is 20.1 Å². The number of anilines is 2. The molecule has 0 amide bonds. The summed E-state index contributed by atoms with van der Waals surface area (Å²) in [5.74, 6) is -0.346. The Morgan fingerprint density at radius 2 is 1.88 bits per heavy atom. The van der Waals surface area contributed by atoms with Crippen LogP contribution in [0.1, 0.15) is 18.4 Å². The number of methoxy groups -OCH3 is 1. The van der Waals surface area contributed by atoms with E-state index < -0.39 is 17.2 Å². The van der Waals surface area contributed by atoms with Crippen LogP contribution in [0.5, 0.6) is 5.75 Å². The number of hydrogen-bond acceptors (Lipinski definition) is 6. The summed E-state index contributed by atoms with van der Waals surface area (Å²) in [6.45, 7) is 1.64. The van der Waals surface area contributed by atoms with Gasteiger partial charge in [0.2, 0.25) is 0 Å². The molecule has 1 saturated heterocycles. The van der Waals surface area contributed by atoms with Gasteiger partial charge in [-0.25, -0.2) is 13.8 Å². The number of benzene rings is 2. The summed E-state index contributed by atoms with van der Waals surface area (Å²) in [5.41, 5.74) is 1.94. The standard InChI is InChI=1S/C25H25F2N5O2/c1-32-11-9-25(33,10-12-32)15-3-7-21(34-2)18(13-15)23-17-5-8-22(29-24(17)31-30-23)28-20-6-4-16(26)14-19(20)27/h3-8,13-14,33H,9-12H2,1-2H3,(H2,28,29,30,31). The molecular weight excluding hydrogens is 440 g/mol. The van der Waals surface area contributed by atoms with Gasteiger partial charge in [-0.2, -0.15) is 5.10 Å². The lowest BCUT2D eigenvalue weighted by molar-refractivity contribution is -0.0203. The lowest BCUT2D eigenvalue weighted by atomic mass is 9.83. The quantitative estimate of drug-likeness (QED) is 0.400. The molecule has 0 radical (unpaired) electrons. The van der Waals surface area contributed by atoms with E-state index in [1.807, 2.05) is 24.3 Å². The zero-order valence-electron chi connectivity index (χ0n) is 18.9. The van der Waals surface area contributed by atoms with E-state index >= 15 is 0 Å². The van der Waals surface area contributed by atoms with E-state index in [1.54, 1.807) is 13.2 Å². The number of aromatic amines is 1. The highest BCUT2D eigenvalue weighted by molar-refractivity contribution is 5.93. The first-order valence-corrected chi connectivity index (χ1v) is 11.0. The topological polar surface area (TPSA) is 86.3 Å². The lowest BCUT2D eigenvalue weighted by Crippen LogP contribution is -2.40. The Hall–Kier alpha value is -3.56. The van der Waals surface area contributed by atoms with Crippen molar-refractivity contribution in [3.8, 4) is 17.0 Å². The SMILES string of the molecule is COc1ccc(C2(O)CCN(C)CC2)cc1-c1[nH]nc2nc(Nc3ccc(F)cc3F)ccc12. The minimum atomic E-state index is -0.905. The molecule has 3 heterocycles. The number of nitrogens with one attached hydrogen (secondary N) is 2. The molecule has 0 bridgehead atoms. The minimum Gasteiger partial charge on any atom is -0.496 e. The smallest absolute Gasteiger partial charge is 0.183 e. The van der Waals surface area contributed by atoms with Crippen LogP contribution in [0.4, 0.5) is 20.3 Å². The Kier molecular flexibility index (Phi) is 5.66. The number of pyridine rings is 1. The predicted octanol–water partition coefficient (Wildman–Crippen LogP) is 4.57. The Balaban J connectivity index is 1.50. The third-order valence-electron chi connectivity index (χ3n) is 6.43. The molecule has 176 valence electrons. The van der Waals surface area contributed by atoms with Crippen LogP contribution in [0.25, 0.3) is 22.3 Å². The molecule has 1 fully saturated rings. The van der Waals surface area contributed by atoms with Crippen molar-refractivity contribution in [3.63, 3.8) is 0 Å². The molecule has 34 heavy (non-hydrogen) atoms. The number of aliphatic hydroxyl groups is 1. The van der Waals surface area contributed by atoms with E-state index in [-0.39, 0.29) is 5.69 Å². The van der Waals surface area contributed by atoms with Gasteiger partial charge in [-0.3, -0.25) is 5.10 Å². The number of halogens is 2. The summed E-state index contributed by atoms with van der Waals surface area (Å²) in [6.07, 6.45) is 1.30. The summed E-state index contributed by atoms with van der Waals surface area (Å²) in [6, 6.07) is 12.5. The maximum atomic E-state index is 14.0. The molecule has 3 N–H and O–H groups in total. The Labute approximate surface area is 195 Å². The van der Waals surface area contributed by atoms with E-state index in [0.717, 1.165) is 35.7 Å². The number of nitrogens with zero attached hydrogens (tertiary/aromatic N) is 3. The number of rotatable bonds is 5. The van der Waals surface area contributed by atoms with Gasteiger partial charge < -0.3 is 20.1 Å². The second-order valence-electron chi connectivity index (χ2n) is 8.67. The highest BCUT2D eigenvalue weighted by atomic mass is 19.1. The van der Waals surface area contributed by atoms with Gasteiger partial charge in [0.15, 0.2) is 5.65 Å². The summed E-state index contributed by atoms with van der Waals surface area (Å²) in [7, 11) is 3.65. The van der Waals surface area contributed by atoms with Crippen LogP contribution in [0.2, 0.25) is 0 Å². The van der Waals surface area contributed by atoms with Crippen molar-refractivity contribution < 1.29 is 18.6 Å². The molecule has 9 heteroatoms. The molecule has 2 aromatic heterocycles. The number of H-pyrrole nitrogens is 1. The van der Waals surface area contributed by atoms with Gasteiger partial charge in [0.25, 0.3) is 0 Å². The van der Waals surface area contributed by atoms with E-state index in [2.05, 4.69) is 32.4 Å². The van der Waals surface area contributed by atoms with Gasteiger partial charge in [-0.05, 0) is 61.9 Å². The van der Waals surface area contributed by atoms with Crippen molar-refractivity contribution in [3.05, 3.63) is 65.7 Å². The van der Waals surface area contributed by atoms with Gasteiger partial charge in [-0.15, -0.1) is 0 Å². The zero-order chi connectivity index (χ0) is 23.9. The largest absolute Gasteiger partial charge is 0.496 e. The molecule has 1 aliphatic rings. The first kappa shape index (κ1) is 22.2. The van der Waals surface area contributed by atoms with Crippen LogP contribution in [0, 0.1) is 11.6 Å². The first-order valence-electron chi connectivity index (χ1n) is 11.0. The predicted molar refractivity (Wildman–Crippen MR) is 126 cm³/mol. The molecule has 0 atom stereocenters. The van der Waals surface area contributed by atoms with E-state index in [9.17, 15) is 13.9 Å². The van der Waals surface area contributed by atoms with Crippen LogP contribution in [0.3, 0.4) is 0 Å². The molecular formula is C25H25F2N5O2. The molecule has 5 rings (SSSR count). The van der Waals surface area contributed by atoms with Crippen molar-refractivity contribution in [1.29, 1.82) is 0 Å². The highest BCUT2D eigenvalue weighted by Gasteiger charge is 2.33. The number of piperidine rings is 1. The van der Waals surface area contributed by atoms with Gasteiger partial charge in [-0.1, -0.05) is 6.07 Å². The summed E-state index contributed by atoms with van der Waals surface area (Å²) < 4.78 is 32.8. The van der Waals surface area contributed by atoms with Crippen LogP contribution in [0.15, 0.2) is 48.5 Å². The van der Waals surface area contributed by atoms with Crippen LogP contribution in [-0.4, -0.2) is 52.4 Å². The fraction of sp³-hybridized carbons (Fsp3) is 0.280. The Morgan fingerprint density at radius 3 is 2.62 bits per heavy atom. The normalized spacial score (nSPS) is 16.0. The third-order valence-corrected chi connectivity index (χ3v) is 6.43. The van der Waals surface area contributed by atoms with Crippen molar-refractivity contribution in [2.75, 3.05) is 32.6 Å². The summed E-state index contributed by atoms with van der Waals surface area (Å²) in [5, 5.41) is 22.3. The van der Waals surface area contributed by atoms with Crippen molar-refractivity contribution >= 4 is 22.5 Å². The molecule has 1 aliphatic heterocycles. The molecule has 0 unspecified atom stereocenters. The maximum Gasteiger partial charge on any atom is 0.183 e. The highest BCUT2D eigenvalue weighted by Crippen LogP contribution is 2.39. The fourth-order valence-electron chi connectivity index (χ4n) is 4.37. The third kappa shape index (κ3) is 4.08. The lowest BCUT2D eigenvalue weighted by Gasteiger charge is -2.37. The van der Waals surface area contributed by atoms with E-state index in [1.165, 1.54) is 12.1 Å². The van der Waals surface area contributed by atoms with E-state index in [0.29, 0.717) is 35.8 Å². The number of aromatic nitrogens is 3. The number of hydrogen-bond donors (Lipinski definition) is 3. The second kappa shape index (κ2) is 8.66. The monoisotopic (exact) mass is 465 g/mol. The first-order chi connectivity index (χ1) is 16.4. The van der Waals surface area contributed by atoms with Crippen LogP contribution in [-0.2, 0) is 5.60 Å². The Bertz CT molecular complexity index is 1350. The van der Waals surface area contributed by atoms with Crippen LogP contribution >= 0.6 is 0 Å². The van der Waals surface area contributed by atoms with Crippen LogP contribution < -0.4 is 10.1 Å². The van der Waals surface area contributed by atoms with E-state index in [4.69, 9.17) is 4.74 Å². The molecule has 0 spiro atoms. The average molecular weight is 466 g/mol. The molecule has 0 aliphatic carbocycles. The fourth-order valence-corrected chi connectivity index (χ4v) is 4.37. The van der Waals surface area contributed by atoms with Gasteiger partial charge >= 0.3 is 0 Å². The number of fused-ring (bicyclic) bond motifs is 1. The van der Waals surface area contributed by atoms with Crippen molar-refractivity contribution in [2.24, 2.45) is 0 Å². The van der Waals surface area contributed by atoms with Gasteiger partial charge in [0.05, 0.1) is 24.1 Å². The molecule has 7 nitrogen and oxygen atoms in total. The van der Waals surface area contributed by atoms with Gasteiger partial charge in [0.1, 0.15) is 23.2 Å². The zero-order valence-corrected chi connectivity index (χ0v) is 18.9. The Morgan fingerprint density at radius 1 is 1.09 bits per heavy atom. The number of likely N-dealkylation sites (tertiary alicyclic amines) is 1. The summed E-state index contributed by atoms with van der Waals surface area (Å²) in [4.78, 5) is 6.67. The maximum absolute atomic E-state index is 14.0. The minimum absolute atomic E-state index is 0.116. The second-order valence-corrected chi connectivity index (χ2v) is 8.67. The number of ether oxygens (including phenoxy) is 1. The summed E-state index contributed by atoms with van der Waals surface area (Å²) >= 11 is 0. The average Bonchev–Trinajstić information content (AvgIpc) is 3.25. The molecule has 2 aromatic carbocycles. The van der Waals surface area contributed by atoms with Gasteiger partial charge in [0, 0.05) is 30.1 Å². The molecule has 4 aromatic rings.